The average Bonchev–Trinajstić information content (AvgIpc) is 2.43. The summed E-state index contributed by atoms with van der Waals surface area (Å²) >= 11 is 0. The van der Waals surface area contributed by atoms with E-state index in [4.69, 9.17) is 4.52 Å². The zero-order valence-corrected chi connectivity index (χ0v) is 11.3. The predicted octanol–water partition coefficient (Wildman–Crippen LogP) is 3.03. The maximum Gasteiger partial charge on any atom is 0.137 e. The van der Waals surface area contributed by atoms with E-state index in [1.54, 1.807) is 0 Å². The van der Waals surface area contributed by atoms with Gasteiger partial charge in [-0.1, -0.05) is 32.9 Å². The number of nitrogens with zero attached hydrogens (tertiary/aromatic N) is 1. The van der Waals surface area contributed by atoms with Crippen LogP contribution in [0, 0.1) is 19.3 Å². The van der Waals surface area contributed by atoms with E-state index in [0.29, 0.717) is 11.3 Å². The fourth-order valence-corrected chi connectivity index (χ4v) is 1.96. The first-order valence-electron chi connectivity index (χ1n) is 5.95. The highest BCUT2D eigenvalue weighted by Gasteiger charge is 2.17. The molecule has 3 heteroatoms. The first-order chi connectivity index (χ1) is 7.31. The van der Waals surface area contributed by atoms with Gasteiger partial charge in [-0.15, -0.1) is 0 Å². The lowest BCUT2D eigenvalue weighted by Crippen LogP contribution is -2.30. The molecule has 0 radical (unpaired) electrons. The quantitative estimate of drug-likeness (QED) is 0.854. The van der Waals surface area contributed by atoms with E-state index in [0.717, 1.165) is 24.5 Å². The van der Waals surface area contributed by atoms with E-state index in [-0.39, 0.29) is 0 Å². The van der Waals surface area contributed by atoms with Gasteiger partial charge < -0.3 is 9.84 Å². The number of hydrogen-bond donors (Lipinski definition) is 1. The summed E-state index contributed by atoms with van der Waals surface area (Å²) < 4.78 is 5.19. The Labute approximate surface area is 98.6 Å². The lowest BCUT2D eigenvalue weighted by molar-refractivity contribution is 0.373. The molecule has 0 amide bonds. The van der Waals surface area contributed by atoms with Crippen LogP contribution < -0.4 is 5.32 Å². The molecule has 0 aromatic carbocycles. The Kier molecular flexibility index (Phi) is 4.14. The Hall–Kier alpha value is -0.830. The van der Waals surface area contributed by atoms with Crippen LogP contribution in [0.15, 0.2) is 4.52 Å². The summed E-state index contributed by atoms with van der Waals surface area (Å²) in [5.74, 6) is 1.40. The Bertz CT molecular complexity index is 317. The van der Waals surface area contributed by atoms with Crippen molar-refractivity contribution in [3.05, 3.63) is 17.0 Å². The number of aromatic nitrogens is 1. The SMILES string of the molecule is Cc1noc(C)c1C(C)CNCC(C)(C)C. The van der Waals surface area contributed by atoms with Gasteiger partial charge in [0.15, 0.2) is 0 Å². The molecule has 1 aromatic heterocycles. The molecule has 0 fully saturated rings. The summed E-state index contributed by atoms with van der Waals surface area (Å²) in [5.41, 5.74) is 2.60. The standard InChI is InChI=1S/C13H24N2O/c1-9(7-14-8-13(4,5)6)12-10(2)15-16-11(12)3/h9,14H,7-8H2,1-6H3. The summed E-state index contributed by atoms with van der Waals surface area (Å²) in [6.45, 7) is 14.9. The normalized spacial score (nSPS) is 14.1. The number of rotatable bonds is 4. The lowest BCUT2D eigenvalue weighted by atomic mass is 9.95. The van der Waals surface area contributed by atoms with Gasteiger partial charge in [0, 0.05) is 18.7 Å². The number of nitrogens with one attached hydrogen (secondary N) is 1. The molecule has 0 aliphatic rings. The third-order valence-electron chi connectivity index (χ3n) is 2.69. The van der Waals surface area contributed by atoms with E-state index in [1.165, 1.54) is 5.56 Å². The molecule has 1 unspecified atom stereocenters. The predicted molar refractivity (Wildman–Crippen MR) is 66.7 cm³/mol. The molecule has 1 aromatic rings. The topological polar surface area (TPSA) is 38.1 Å². The second-order valence-electron chi connectivity index (χ2n) is 5.83. The van der Waals surface area contributed by atoms with Crippen molar-refractivity contribution in [2.24, 2.45) is 5.41 Å². The van der Waals surface area contributed by atoms with Gasteiger partial charge in [0.05, 0.1) is 5.69 Å². The van der Waals surface area contributed by atoms with Crippen LogP contribution in [-0.2, 0) is 0 Å². The van der Waals surface area contributed by atoms with Crippen molar-refractivity contribution in [1.29, 1.82) is 0 Å². The van der Waals surface area contributed by atoms with E-state index in [9.17, 15) is 0 Å². The maximum absolute atomic E-state index is 5.19. The minimum atomic E-state index is 0.332. The first-order valence-corrected chi connectivity index (χ1v) is 5.95. The maximum atomic E-state index is 5.19. The fraction of sp³-hybridized carbons (Fsp3) is 0.769. The molecule has 1 rings (SSSR count). The Morgan fingerprint density at radius 2 is 1.94 bits per heavy atom. The molecular weight excluding hydrogens is 200 g/mol. The summed E-state index contributed by atoms with van der Waals surface area (Å²) in [4.78, 5) is 0. The van der Waals surface area contributed by atoms with Gasteiger partial charge in [0.1, 0.15) is 5.76 Å². The van der Waals surface area contributed by atoms with Crippen molar-refractivity contribution in [3.8, 4) is 0 Å². The van der Waals surface area contributed by atoms with Gasteiger partial charge in [-0.3, -0.25) is 0 Å². The number of aryl methyl sites for hydroxylation is 2. The van der Waals surface area contributed by atoms with Gasteiger partial charge >= 0.3 is 0 Å². The second kappa shape index (κ2) is 5.00. The van der Waals surface area contributed by atoms with Gasteiger partial charge in [-0.2, -0.15) is 0 Å². The fourth-order valence-electron chi connectivity index (χ4n) is 1.96. The van der Waals surface area contributed by atoms with Crippen LogP contribution in [0.3, 0.4) is 0 Å². The molecule has 0 saturated heterocycles. The molecule has 0 aliphatic carbocycles. The van der Waals surface area contributed by atoms with E-state index in [2.05, 4.69) is 38.2 Å². The molecule has 1 N–H and O–H groups in total. The second-order valence-corrected chi connectivity index (χ2v) is 5.83. The summed E-state index contributed by atoms with van der Waals surface area (Å²) in [6.07, 6.45) is 0. The molecule has 0 saturated carbocycles. The van der Waals surface area contributed by atoms with Gasteiger partial charge in [-0.05, 0) is 25.2 Å². The molecule has 1 heterocycles. The molecule has 0 bridgehead atoms. The van der Waals surface area contributed by atoms with Crippen LogP contribution >= 0.6 is 0 Å². The zero-order chi connectivity index (χ0) is 12.3. The van der Waals surface area contributed by atoms with Crippen LogP contribution in [0.4, 0.5) is 0 Å². The monoisotopic (exact) mass is 224 g/mol. The van der Waals surface area contributed by atoms with Gasteiger partial charge in [-0.25, -0.2) is 0 Å². The minimum absolute atomic E-state index is 0.332. The largest absolute Gasteiger partial charge is 0.361 e. The highest BCUT2D eigenvalue weighted by molar-refractivity contribution is 5.25. The van der Waals surface area contributed by atoms with Crippen LogP contribution in [-0.4, -0.2) is 18.2 Å². The Morgan fingerprint density at radius 3 is 2.38 bits per heavy atom. The van der Waals surface area contributed by atoms with E-state index in [1.807, 2.05) is 13.8 Å². The van der Waals surface area contributed by atoms with Crippen LogP contribution in [0.25, 0.3) is 0 Å². The lowest BCUT2D eigenvalue weighted by Gasteiger charge is -2.20. The molecule has 92 valence electrons. The van der Waals surface area contributed by atoms with Crippen molar-refractivity contribution in [1.82, 2.24) is 10.5 Å². The Morgan fingerprint density at radius 1 is 1.31 bits per heavy atom. The molecule has 3 nitrogen and oxygen atoms in total. The number of hydrogen-bond acceptors (Lipinski definition) is 3. The van der Waals surface area contributed by atoms with Crippen molar-refractivity contribution in [2.45, 2.75) is 47.5 Å². The molecule has 16 heavy (non-hydrogen) atoms. The van der Waals surface area contributed by atoms with E-state index < -0.39 is 0 Å². The molecule has 0 aliphatic heterocycles. The van der Waals surface area contributed by atoms with Gasteiger partial charge in [0.25, 0.3) is 0 Å². The zero-order valence-electron chi connectivity index (χ0n) is 11.3. The smallest absolute Gasteiger partial charge is 0.137 e. The summed E-state index contributed by atoms with van der Waals surface area (Å²) in [6, 6.07) is 0. The summed E-state index contributed by atoms with van der Waals surface area (Å²) in [5, 5.41) is 7.49. The molecule has 0 spiro atoms. The third-order valence-corrected chi connectivity index (χ3v) is 2.69. The summed E-state index contributed by atoms with van der Waals surface area (Å²) in [7, 11) is 0. The van der Waals surface area contributed by atoms with Crippen molar-refractivity contribution < 1.29 is 4.52 Å². The highest BCUT2D eigenvalue weighted by atomic mass is 16.5. The van der Waals surface area contributed by atoms with Crippen molar-refractivity contribution in [3.63, 3.8) is 0 Å². The van der Waals surface area contributed by atoms with Crippen LogP contribution in [0.2, 0.25) is 0 Å². The Balaban J connectivity index is 2.50. The minimum Gasteiger partial charge on any atom is -0.361 e. The third kappa shape index (κ3) is 3.63. The first kappa shape index (κ1) is 13.2. The van der Waals surface area contributed by atoms with Crippen LogP contribution in [0.1, 0.15) is 50.6 Å². The molecular formula is C13H24N2O. The van der Waals surface area contributed by atoms with Crippen molar-refractivity contribution >= 4 is 0 Å². The molecule has 1 atom stereocenters. The van der Waals surface area contributed by atoms with Crippen molar-refractivity contribution in [2.75, 3.05) is 13.1 Å². The van der Waals surface area contributed by atoms with Crippen LogP contribution in [0.5, 0.6) is 0 Å². The highest BCUT2D eigenvalue weighted by Crippen LogP contribution is 2.22. The van der Waals surface area contributed by atoms with E-state index >= 15 is 0 Å². The van der Waals surface area contributed by atoms with Gasteiger partial charge in [0.2, 0.25) is 0 Å². The average molecular weight is 224 g/mol.